The molecule has 1 aliphatic carbocycles. The highest BCUT2D eigenvalue weighted by Gasteiger charge is 2.54. The smallest absolute Gasteiger partial charge is 0.328 e. The summed E-state index contributed by atoms with van der Waals surface area (Å²) in [7, 11) is -3.93. The van der Waals surface area contributed by atoms with Gasteiger partial charge in [-0.3, -0.25) is 9.59 Å². The SMILES string of the molecule is NC(=O)c1ccc(COC(=O)C2(S(=O)(=O)c3ccc(Cl)cc3)CCCC2)cc1. The molecule has 0 bridgehead atoms. The minimum absolute atomic E-state index is 0.0570. The summed E-state index contributed by atoms with van der Waals surface area (Å²) in [6.45, 7) is -0.0875. The van der Waals surface area contributed by atoms with Gasteiger partial charge < -0.3 is 10.5 Å². The Hall–Kier alpha value is -2.38. The van der Waals surface area contributed by atoms with Crippen molar-refractivity contribution in [3.8, 4) is 0 Å². The molecule has 2 N–H and O–H groups in total. The standard InChI is InChI=1S/C20H20ClNO5S/c21-16-7-9-17(10-8-16)28(25,26)20(11-1-2-12-20)19(24)27-13-14-3-5-15(6-4-14)18(22)23/h3-10H,1-2,11-13H2,(H2,22,23). The number of rotatable bonds is 6. The normalized spacial score (nSPS) is 15.9. The van der Waals surface area contributed by atoms with Gasteiger partial charge in [0.15, 0.2) is 14.6 Å². The molecule has 1 aliphatic rings. The molecule has 148 valence electrons. The second kappa shape index (κ2) is 7.93. The zero-order chi connectivity index (χ0) is 20.4. The first-order valence-electron chi connectivity index (χ1n) is 8.82. The first-order valence-corrected chi connectivity index (χ1v) is 10.7. The van der Waals surface area contributed by atoms with Crippen LogP contribution in [0.3, 0.4) is 0 Å². The van der Waals surface area contributed by atoms with Crippen LogP contribution in [0.1, 0.15) is 41.6 Å². The Kier molecular flexibility index (Phi) is 5.76. The summed E-state index contributed by atoms with van der Waals surface area (Å²) < 4.78 is 30.3. The highest BCUT2D eigenvalue weighted by molar-refractivity contribution is 7.93. The van der Waals surface area contributed by atoms with Gasteiger partial charge in [-0.05, 0) is 54.8 Å². The van der Waals surface area contributed by atoms with E-state index in [-0.39, 0.29) is 24.3 Å². The predicted octanol–water partition coefficient (Wildman–Crippen LogP) is 3.27. The fourth-order valence-electron chi connectivity index (χ4n) is 3.41. The Bertz CT molecular complexity index is 978. The fourth-order valence-corrected chi connectivity index (χ4v) is 5.59. The number of carbonyl (C=O) groups is 2. The molecule has 2 aromatic carbocycles. The zero-order valence-corrected chi connectivity index (χ0v) is 16.6. The number of halogens is 1. The third-order valence-corrected chi connectivity index (χ3v) is 7.78. The fraction of sp³-hybridized carbons (Fsp3) is 0.300. The number of carbonyl (C=O) groups excluding carboxylic acids is 2. The molecule has 0 radical (unpaired) electrons. The van der Waals surface area contributed by atoms with Crippen molar-refractivity contribution in [2.75, 3.05) is 0 Å². The Morgan fingerprint density at radius 1 is 1.00 bits per heavy atom. The maximum Gasteiger partial charge on any atom is 0.328 e. The van der Waals surface area contributed by atoms with E-state index < -0.39 is 26.5 Å². The van der Waals surface area contributed by atoms with E-state index in [2.05, 4.69) is 0 Å². The molecule has 0 aromatic heterocycles. The lowest BCUT2D eigenvalue weighted by Crippen LogP contribution is -2.45. The quantitative estimate of drug-likeness (QED) is 0.721. The van der Waals surface area contributed by atoms with Gasteiger partial charge >= 0.3 is 5.97 Å². The highest BCUT2D eigenvalue weighted by atomic mass is 35.5. The van der Waals surface area contributed by atoms with E-state index in [4.69, 9.17) is 22.1 Å². The predicted molar refractivity (Wildman–Crippen MR) is 105 cm³/mol. The minimum atomic E-state index is -3.93. The van der Waals surface area contributed by atoms with Crippen LogP contribution in [-0.2, 0) is 26.0 Å². The molecule has 1 amide bonds. The van der Waals surface area contributed by atoms with E-state index in [0.717, 1.165) is 0 Å². The second-order valence-corrected chi connectivity index (χ2v) is 9.49. The van der Waals surface area contributed by atoms with Crippen LogP contribution in [0.25, 0.3) is 0 Å². The average Bonchev–Trinajstić information content (AvgIpc) is 3.18. The molecule has 1 fully saturated rings. The summed E-state index contributed by atoms with van der Waals surface area (Å²) in [6, 6.07) is 12.1. The molecular weight excluding hydrogens is 402 g/mol. The number of sulfone groups is 1. The van der Waals surface area contributed by atoms with Gasteiger partial charge in [-0.1, -0.05) is 36.6 Å². The largest absolute Gasteiger partial charge is 0.460 e. The molecular formula is C20H20ClNO5S. The average molecular weight is 422 g/mol. The van der Waals surface area contributed by atoms with Gasteiger partial charge in [0.25, 0.3) is 0 Å². The van der Waals surface area contributed by atoms with E-state index >= 15 is 0 Å². The van der Waals surface area contributed by atoms with Crippen LogP contribution in [0.4, 0.5) is 0 Å². The third-order valence-electron chi connectivity index (χ3n) is 5.03. The van der Waals surface area contributed by atoms with E-state index in [9.17, 15) is 18.0 Å². The van der Waals surface area contributed by atoms with Gasteiger partial charge in [0.1, 0.15) is 6.61 Å². The lowest BCUT2D eigenvalue weighted by atomic mass is 10.1. The van der Waals surface area contributed by atoms with Gasteiger partial charge in [-0.25, -0.2) is 8.42 Å². The number of benzene rings is 2. The van der Waals surface area contributed by atoms with Crippen molar-refractivity contribution in [1.82, 2.24) is 0 Å². The summed E-state index contributed by atoms with van der Waals surface area (Å²) in [5, 5.41) is 0.418. The Balaban J connectivity index is 1.82. The zero-order valence-electron chi connectivity index (χ0n) is 15.1. The molecule has 2 aromatic rings. The Morgan fingerprint density at radius 2 is 1.57 bits per heavy atom. The van der Waals surface area contributed by atoms with Gasteiger partial charge in [0.2, 0.25) is 5.91 Å². The first-order chi connectivity index (χ1) is 13.3. The van der Waals surface area contributed by atoms with Crippen LogP contribution in [0.15, 0.2) is 53.4 Å². The molecule has 0 heterocycles. The molecule has 0 aliphatic heterocycles. The Morgan fingerprint density at radius 3 is 2.11 bits per heavy atom. The van der Waals surface area contributed by atoms with E-state index in [1.54, 1.807) is 12.1 Å². The lowest BCUT2D eigenvalue weighted by molar-refractivity contribution is -0.148. The van der Waals surface area contributed by atoms with Crippen LogP contribution in [0.5, 0.6) is 0 Å². The van der Waals surface area contributed by atoms with Crippen LogP contribution < -0.4 is 5.73 Å². The molecule has 0 spiro atoms. The van der Waals surface area contributed by atoms with Crippen molar-refractivity contribution in [3.63, 3.8) is 0 Å². The molecule has 28 heavy (non-hydrogen) atoms. The number of esters is 1. The minimum Gasteiger partial charge on any atom is -0.460 e. The lowest BCUT2D eigenvalue weighted by Gasteiger charge is -2.26. The van der Waals surface area contributed by atoms with Gasteiger partial charge in [0.05, 0.1) is 4.90 Å². The van der Waals surface area contributed by atoms with Crippen LogP contribution >= 0.6 is 11.6 Å². The van der Waals surface area contributed by atoms with Crippen molar-refractivity contribution >= 4 is 33.3 Å². The molecule has 6 nitrogen and oxygen atoms in total. The molecule has 0 atom stereocenters. The molecule has 1 saturated carbocycles. The maximum absolute atomic E-state index is 13.2. The number of hydrogen-bond donors (Lipinski definition) is 1. The topological polar surface area (TPSA) is 104 Å². The van der Waals surface area contributed by atoms with E-state index in [1.165, 1.54) is 36.4 Å². The summed E-state index contributed by atoms with van der Waals surface area (Å²) in [6.07, 6.45) is 1.71. The van der Waals surface area contributed by atoms with Gasteiger partial charge in [-0.15, -0.1) is 0 Å². The van der Waals surface area contributed by atoms with Crippen LogP contribution in [0.2, 0.25) is 5.02 Å². The maximum atomic E-state index is 13.2. The molecule has 0 unspecified atom stereocenters. The number of amides is 1. The highest BCUT2D eigenvalue weighted by Crippen LogP contribution is 2.41. The van der Waals surface area contributed by atoms with Gasteiger partial charge in [-0.2, -0.15) is 0 Å². The van der Waals surface area contributed by atoms with Crippen molar-refractivity contribution in [3.05, 3.63) is 64.7 Å². The molecule has 3 rings (SSSR count). The number of ether oxygens (including phenoxy) is 1. The van der Waals surface area contributed by atoms with Crippen molar-refractivity contribution in [2.24, 2.45) is 5.73 Å². The summed E-state index contributed by atoms with van der Waals surface area (Å²) in [5.41, 5.74) is 6.17. The number of nitrogens with two attached hydrogens (primary N) is 1. The molecule has 0 saturated heterocycles. The monoisotopic (exact) mass is 421 g/mol. The van der Waals surface area contributed by atoms with E-state index in [0.29, 0.717) is 29.0 Å². The third kappa shape index (κ3) is 3.77. The van der Waals surface area contributed by atoms with E-state index in [1.807, 2.05) is 0 Å². The summed E-state index contributed by atoms with van der Waals surface area (Å²) >= 11 is 5.85. The van der Waals surface area contributed by atoms with Crippen LogP contribution in [0, 0.1) is 0 Å². The Labute approximate surface area is 168 Å². The number of hydrogen-bond acceptors (Lipinski definition) is 5. The summed E-state index contributed by atoms with van der Waals surface area (Å²) in [4.78, 5) is 24.1. The van der Waals surface area contributed by atoms with Crippen LogP contribution in [-0.4, -0.2) is 25.0 Å². The molecule has 8 heteroatoms. The van der Waals surface area contributed by atoms with Crippen molar-refractivity contribution in [2.45, 2.75) is 41.9 Å². The van der Waals surface area contributed by atoms with Gasteiger partial charge in [0, 0.05) is 10.6 Å². The van der Waals surface area contributed by atoms with Crippen molar-refractivity contribution < 1.29 is 22.7 Å². The second-order valence-electron chi connectivity index (χ2n) is 6.80. The first kappa shape index (κ1) is 20.4. The number of primary amides is 1. The summed E-state index contributed by atoms with van der Waals surface area (Å²) in [5.74, 6) is -1.30. The van der Waals surface area contributed by atoms with Crippen molar-refractivity contribution in [1.29, 1.82) is 0 Å².